The zero-order valence-corrected chi connectivity index (χ0v) is 10.4. The first-order valence-corrected chi connectivity index (χ1v) is 5.73. The maximum atomic E-state index is 3.56. The first-order chi connectivity index (χ1) is 5.97. The number of hydrogen-bond donors (Lipinski definition) is 0. The van der Waals surface area contributed by atoms with Gasteiger partial charge in [-0.25, -0.2) is 0 Å². The minimum absolute atomic E-state index is 0.234. The van der Waals surface area contributed by atoms with E-state index in [1.54, 1.807) is 0 Å². The Hall–Kier alpha value is -0.300. The predicted octanol–water partition coefficient (Wildman–Crippen LogP) is 3.98. The summed E-state index contributed by atoms with van der Waals surface area (Å²) in [6, 6.07) is 6.68. The van der Waals surface area contributed by atoms with Gasteiger partial charge in [0.05, 0.1) is 0 Å². The second kappa shape index (κ2) is 3.83. The predicted molar refractivity (Wildman–Crippen MR) is 62.7 cm³/mol. The van der Waals surface area contributed by atoms with E-state index in [9.17, 15) is 0 Å². The number of alkyl halides is 1. The minimum atomic E-state index is 0.234. The van der Waals surface area contributed by atoms with Gasteiger partial charge in [0.25, 0.3) is 0 Å². The lowest BCUT2D eigenvalue weighted by atomic mass is 9.83. The van der Waals surface area contributed by atoms with Gasteiger partial charge in [0.1, 0.15) is 0 Å². The Morgan fingerprint density at radius 3 is 2.31 bits per heavy atom. The third-order valence-electron chi connectivity index (χ3n) is 2.45. The first-order valence-electron chi connectivity index (χ1n) is 4.61. The fourth-order valence-corrected chi connectivity index (χ4v) is 1.95. The molecule has 0 nitrogen and oxygen atoms in total. The van der Waals surface area contributed by atoms with Gasteiger partial charge in [0, 0.05) is 5.33 Å². The van der Waals surface area contributed by atoms with Gasteiger partial charge in [-0.15, -0.1) is 0 Å². The van der Waals surface area contributed by atoms with Gasteiger partial charge in [-0.1, -0.05) is 53.5 Å². The van der Waals surface area contributed by atoms with Crippen molar-refractivity contribution in [3.63, 3.8) is 0 Å². The third kappa shape index (κ3) is 2.34. The lowest BCUT2D eigenvalue weighted by Crippen LogP contribution is -2.20. The molecule has 1 rings (SSSR count). The van der Waals surface area contributed by atoms with Gasteiger partial charge in [-0.05, 0) is 30.4 Å². The molecule has 0 aliphatic rings. The Balaban J connectivity index is 3.16. The Kier molecular flexibility index (Phi) is 3.18. The summed E-state index contributed by atoms with van der Waals surface area (Å²) in [5.41, 5.74) is 4.41. The molecule has 0 aliphatic heterocycles. The fraction of sp³-hybridized carbons (Fsp3) is 0.500. The van der Waals surface area contributed by atoms with Crippen LogP contribution in [0.5, 0.6) is 0 Å². The van der Waals surface area contributed by atoms with E-state index in [4.69, 9.17) is 0 Å². The van der Waals surface area contributed by atoms with E-state index in [1.807, 2.05) is 0 Å². The Morgan fingerprint density at radius 1 is 1.23 bits per heavy atom. The summed E-state index contributed by atoms with van der Waals surface area (Å²) < 4.78 is 0. The molecule has 13 heavy (non-hydrogen) atoms. The highest BCUT2D eigenvalue weighted by Gasteiger charge is 2.20. The molecule has 0 aliphatic carbocycles. The van der Waals surface area contributed by atoms with Gasteiger partial charge in [0.2, 0.25) is 0 Å². The summed E-state index contributed by atoms with van der Waals surface area (Å²) >= 11 is 3.56. The van der Waals surface area contributed by atoms with Crippen molar-refractivity contribution in [1.82, 2.24) is 0 Å². The van der Waals surface area contributed by atoms with Crippen LogP contribution in [-0.4, -0.2) is 5.33 Å². The van der Waals surface area contributed by atoms with Crippen LogP contribution in [-0.2, 0) is 5.41 Å². The van der Waals surface area contributed by atoms with Gasteiger partial charge in [-0.2, -0.15) is 0 Å². The summed E-state index contributed by atoms with van der Waals surface area (Å²) in [4.78, 5) is 0. The number of halogens is 1. The lowest BCUT2D eigenvalue weighted by Gasteiger charge is -2.24. The van der Waals surface area contributed by atoms with Crippen molar-refractivity contribution in [1.29, 1.82) is 0 Å². The van der Waals surface area contributed by atoms with E-state index in [-0.39, 0.29) is 5.41 Å². The van der Waals surface area contributed by atoms with Crippen molar-refractivity contribution in [2.45, 2.75) is 33.1 Å². The zero-order chi connectivity index (χ0) is 10.1. The molecule has 0 radical (unpaired) electrons. The van der Waals surface area contributed by atoms with E-state index in [0.29, 0.717) is 0 Å². The largest absolute Gasteiger partial charge is 0.0919 e. The molecule has 0 saturated heterocycles. The first kappa shape index (κ1) is 10.8. The number of hydrogen-bond acceptors (Lipinski definition) is 0. The van der Waals surface area contributed by atoms with Crippen molar-refractivity contribution in [3.8, 4) is 0 Å². The van der Waals surface area contributed by atoms with Gasteiger partial charge in [0.15, 0.2) is 0 Å². The molecule has 1 heteroatoms. The molecule has 0 atom stereocenters. The van der Waals surface area contributed by atoms with Crippen LogP contribution < -0.4 is 0 Å². The van der Waals surface area contributed by atoms with Crippen molar-refractivity contribution >= 4 is 15.9 Å². The van der Waals surface area contributed by atoms with Crippen LogP contribution in [0, 0.1) is 13.8 Å². The van der Waals surface area contributed by atoms with Crippen molar-refractivity contribution in [2.75, 3.05) is 5.33 Å². The molecule has 0 bridgehead atoms. The summed E-state index contributed by atoms with van der Waals surface area (Å²) in [6.45, 7) is 8.85. The molecule has 72 valence electrons. The highest BCUT2D eigenvalue weighted by atomic mass is 79.9. The molecule has 0 heterocycles. The minimum Gasteiger partial charge on any atom is -0.0919 e. The van der Waals surface area contributed by atoms with E-state index in [0.717, 1.165) is 5.33 Å². The summed E-state index contributed by atoms with van der Waals surface area (Å²) in [7, 11) is 0. The summed E-state index contributed by atoms with van der Waals surface area (Å²) in [5.74, 6) is 0. The quantitative estimate of drug-likeness (QED) is 0.687. The smallest absolute Gasteiger partial charge is 0.0123 e. The van der Waals surface area contributed by atoms with Gasteiger partial charge in [-0.3, -0.25) is 0 Å². The molecule has 0 N–H and O–H groups in total. The Bertz CT molecular complexity index is 300. The van der Waals surface area contributed by atoms with Crippen LogP contribution in [0.2, 0.25) is 0 Å². The highest BCUT2D eigenvalue weighted by Crippen LogP contribution is 2.28. The second-order valence-corrected chi connectivity index (χ2v) is 4.90. The van der Waals surface area contributed by atoms with Gasteiger partial charge >= 0.3 is 0 Å². The molecule has 0 fully saturated rings. The van der Waals surface area contributed by atoms with E-state index >= 15 is 0 Å². The van der Waals surface area contributed by atoms with Crippen molar-refractivity contribution in [2.24, 2.45) is 0 Å². The molecule has 1 aromatic carbocycles. The average molecular weight is 241 g/mol. The summed E-state index contributed by atoms with van der Waals surface area (Å²) in [6.07, 6.45) is 0. The number of benzene rings is 1. The monoisotopic (exact) mass is 240 g/mol. The molecule has 0 amide bonds. The Morgan fingerprint density at radius 2 is 1.85 bits per heavy atom. The maximum Gasteiger partial charge on any atom is 0.0123 e. The standard InChI is InChI=1S/C12H17Br/c1-9-5-6-11(10(2)7-9)12(3,4)8-13/h5-7H,8H2,1-4H3. The van der Waals surface area contributed by atoms with Crippen molar-refractivity contribution in [3.05, 3.63) is 34.9 Å². The molecule has 0 spiro atoms. The van der Waals surface area contributed by atoms with Crippen LogP contribution in [0.15, 0.2) is 18.2 Å². The molecule has 1 aromatic rings. The maximum absolute atomic E-state index is 3.56. The van der Waals surface area contributed by atoms with Crippen LogP contribution in [0.3, 0.4) is 0 Å². The second-order valence-electron chi connectivity index (χ2n) is 4.34. The van der Waals surface area contributed by atoms with E-state index in [1.165, 1.54) is 16.7 Å². The fourth-order valence-electron chi connectivity index (χ4n) is 1.64. The van der Waals surface area contributed by atoms with Crippen molar-refractivity contribution < 1.29 is 0 Å². The lowest BCUT2D eigenvalue weighted by molar-refractivity contribution is 0.602. The van der Waals surface area contributed by atoms with Crippen LogP contribution >= 0.6 is 15.9 Å². The van der Waals surface area contributed by atoms with Crippen LogP contribution in [0.4, 0.5) is 0 Å². The van der Waals surface area contributed by atoms with Crippen LogP contribution in [0.1, 0.15) is 30.5 Å². The van der Waals surface area contributed by atoms with Crippen LogP contribution in [0.25, 0.3) is 0 Å². The third-order valence-corrected chi connectivity index (χ3v) is 3.85. The number of aryl methyl sites for hydroxylation is 2. The summed E-state index contributed by atoms with van der Waals surface area (Å²) in [5, 5.41) is 1.00. The zero-order valence-electron chi connectivity index (χ0n) is 8.82. The molecule has 0 unspecified atom stereocenters. The molecule has 0 aromatic heterocycles. The van der Waals surface area contributed by atoms with E-state index in [2.05, 4.69) is 61.8 Å². The SMILES string of the molecule is Cc1ccc(C(C)(C)CBr)c(C)c1. The molecular weight excluding hydrogens is 224 g/mol. The van der Waals surface area contributed by atoms with E-state index < -0.39 is 0 Å². The topological polar surface area (TPSA) is 0 Å². The highest BCUT2D eigenvalue weighted by molar-refractivity contribution is 9.09. The van der Waals surface area contributed by atoms with Gasteiger partial charge < -0.3 is 0 Å². The Labute approximate surface area is 89.5 Å². The molecular formula is C12H17Br. The molecule has 0 saturated carbocycles. The average Bonchev–Trinajstić information content (AvgIpc) is 2.03. The number of rotatable bonds is 2. The normalized spacial score (nSPS) is 11.8.